The minimum atomic E-state index is -4.89. The monoisotopic (exact) mass is 218 g/mol. The highest BCUT2D eigenvalue weighted by molar-refractivity contribution is 4.87. The van der Waals surface area contributed by atoms with Crippen molar-refractivity contribution >= 4 is 0 Å². The molecular weight excluding hydrogens is 207 g/mol. The fourth-order valence-corrected chi connectivity index (χ4v) is 1.56. The quantitative estimate of drug-likeness (QED) is 0.615. The third kappa shape index (κ3) is 2.80. The van der Waals surface area contributed by atoms with Gasteiger partial charge in [0.1, 0.15) is 12.3 Å². The summed E-state index contributed by atoms with van der Waals surface area (Å²) in [5.41, 5.74) is 0. The Labute approximate surface area is 78.2 Å². The van der Waals surface area contributed by atoms with Gasteiger partial charge >= 0.3 is 6.36 Å². The van der Waals surface area contributed by atoms with Gasteiger partial charge in [0, 0.05) is 0 Å². The lowest BCUT2D eigenvalue weighted by molar-refractivity contribution is -0.353. The fraction of sp³-hybridized carbons (Fsp3) is 1.00. The van der Waals surface area contributed by atoms with Crippen molar-refractivity contribution in [3.05, 3.63) is 0 Å². The Kier molecular flexibility index (Phi) is 3.34. The molecule has 6 heteroatoms. The van der Waals surface area contributed by atoms with E-state index >= 15 is 0 Å². The van der Waals surface area contributed by atoms with E-state index in [-0.39, 0.29) is 12.8 Å². The molecule has 0 saturated heterocycles. The van der Waals surface area contributed by atoms with Crippen LogP contribution in [0.2, 0.25) is 0 Å². The second-order valence-corrected chi connectivity index (χ2v) is 3.55. The lowest BCUT2D eigenvalue weighted by Gasteiger charge is -2.33. The summed E-state index contributed by atoms with van der Waals surface area (Å²) in [5, 5.41) is 0. The summed E-state index contributed by atoms with van der Waals surface area (Å²) in [6.07, 6.45) is -10.5. The van der Waals surface area contributed by atoms with Gasteiger partial charge in [-0.2, -0.15) is 0 Å². The smallest absolute Gasteiger partial charge is 0.285 e. The number of halogens is 5. The molecule has 0 bridgehead atoms. The SMILES string of the molecule is CC1CCC(OC(F)(F)F)C(F)C1F. The minimum Gasteiger partial charge on any atom is -0.285 e. The zero-order valence-electron chi connectivity index (χ0n) is 7.52. The molecule has 1 nitrogen and oxygen atoms in total. The van der Waals surface area contributed by atoms with Crippen LogP contribution in [0, 0.1) is 5.92 Å². The molecule has 84 valence electrons. The van der Waals surface area contributed by atoms with Crippen molar-refractivity contribution in [1.29, 1.82) is 0 Å². The number of rotatable bonds is 1. The maximum Gasteiger partial charge on any atom is 0.522 e. The molecule has 4 atom stereocenters. The van der Waals surface area contributed by atoms with Crippen LogP contribution in [0.3, 0.4) is 0 Å². The molecule has 0 amide bonds. The van der Waals surface area contributed by atoms with Gasteiger partial charge in [-0.15, -0.1) is 13.2 Å². The van der Waals surface area contributed by atoms with E-state index in [9.17, 15) is 22.0 Å². The van der Waals surface area contributed by atoms with E-state index in [4.69, 9.17) is 0 Å². The van der Waals surface area contributed by atoms with Crippen LogP contribution >= 0.6 is 0 Å². The van der Waals surface area contributed by atoms with Crippen LogP contribution in [0.1, 0.15) is 19.8 Å². The highest BCUT2D eigenvalue weighted by Gasteiger charge is 2.44. The molecule has 1 fully saturated rings. The van der Waals surface area contributed by atoms with Gasteiger partial charge in [-0.25, -0.2) is 8.78 Å². The maximum atomic E-state index is 13.0. The first-order chi connectivity index (χ1) is 6.31. The summed E-state index contributed by atoms with van der Waals surface area (Å²) in [6.45, 7) is 1.47. The third-order valence-corrected chi connectivity index (χ3v) is 2.39. The van der Waals surface area contributed by atoms with Crippen molar-refractivity contribution in [2.45, 2.75) is 44.6 Å². The summed E-state index contributed by atoms with van der Waals surface area (Å²) in [5.74, 6) is -0.543. The van der Waals surface area contributed by atoms with Crippen LogP contribution < -0.4 is 0 Å². The molecule has 0 radical (unpaired) electrons. The van der Waals surface area contributed by atoms with Gasteiger partial charge in [-0.05, 0) is 18.8 Å². The number of hydrogen-bond acceptors (Lipinski definition) is 1. The average Bonchev–Trinajstić information content (AvgIpc) is 2.04. The lowest BCUT2D eigenvalue weighted by atomic mass is 9.86. The van der Waals surface area contributed by atoms with Gasteiger partial charge in [0.05, 0.1) is 0 Å². The number of alkyl halides is 5. The summed E-state index contributed by atoms with van der Waals surface area (Å²) in [6, 6.07) is 0. The molecule has 1 aliphatic carbocycles. The van der Waals surface area contributed by atoms with Crippen molar-refractivity contribution in [2.75, 3.05) is 0 Å². The topological polar surface area (TPSA) is 9.23 Å². The van der Waals surface area contributed by atoms with Crippen LogP contribution in [0.5, 0.6) is 0 Å². The second-order valence-electron chi connectivity index (χ2n) is 3.55. The molecule has 1 saturated carbocycles. The summed E-state index contributed by atoms with van der Waals surface area (Å²) in [4.78, 5) is 0. The van der Waals surface area contributed by atoms with E-state index in [0.717, 1.165) is 0 Å². The van der Waals surface area contributed by atoms with E-state index in [0.29, 0.717) is 0 Å². The van der Waals surface area contributed by atoms with Crippen molar-refractivity contribution in [3.8, 4) is 0 Å². The van der Waals surface area contributed by atoms with Gasteiger partial charge in [-0.3, -0.25) is 4.74 Å². The largest absolute Gasteiger partial charge is 0.522 e. The first kappa shape index (κ1) is 11.7. The van der Waals surface area contributed by atoms with Crippen molar-refractivity contribution in [2.24, 2.45) is 5.92 Å². The van der Waals surface area contributed by atoms with Crippen LogP contribution in [-0.4, -0.2) is 24.8 Å². The molecule has 0 N–H and O–H groups in total. The average molecular weight is 218 g/mol. The first-order valence-electron chi connectivity index (χ1n) is 4.34. The molecule has 0 aromatic rings. The van der Waals surface area contributed by atoms with Crippen LogP contribution in [0.25, 0.3) is 0 Å². The fourth-order valence-electron chi connectivity index (χ4n) is 1.56. The summed E-state index contributed by atoms with van der Waals surface area (Å²) in [7, 11) is 0. The molecule has 14 heavy (non-hydrogen) atoms. The zero-order valence-corrected chi connectivity index (χ0v) is 7.52. The van der Waals surface area contributed by atoms with Gasteiger partial charge < -0.3 is 0 Å². The first-order valence-corrected chi connectivity index (χ1v) is 4.34. The van der Waals surface area contributed by atoms with E-state index in [1.807, 2.05) is 0 Å². The van der Waals surface area contributed by atoms with Crippen LogP contribution in [0.15, 0.2) is 0 Å². The van der Waals surface area contributed by atoms with Crippen molar-refractivity contribution in [1.82, 2.24) is 0 Å². The highest BCUT2D eigenvalue weighted by atomic mass is 19.4. The maximum absolute atomic E-state index is 13.0. The zero-order chi connectivity index (χ0) is 10.9. The van der Waals surface area contributed by atoms with Crippen LogP contribution in [-0.2, 0) is 4.74 Å². The number of ether oxygens (including phenoxy) is 1. The van der Waals surface area contributed by atoms with Gasteiger partial charge in [0.2, 0.25) is 0 Å². The summed E-state index contributed by atoms with van der Waals surface area (Å²) >= 11 is 0. The Balaban J connectivity index is 2.55. The molecule has 0 aliphatic heterocycles. The predicted octanol–water partition coefficient (Wildman–Crippen LogP) is 3.00. The molecule has 0 spiro atoms. The van der Waals surface area contributed by atoms with E-state index in [1.165, 1.54) is 6.92 Å². The summed E-state index contributed by atoms with van der Waals surface area (Å²) < 4.78 is 64.7. The van der Waals surface area contributed by atoms with Crippen LogP contribution in [0.4, 0.5) is 22.0 Å². The second kappa shape index (κ2) is 4.00. The minimum absolute atomic E-state index is 0.0950. The Bertz CT molecular complexity index is 193. The van der Waals surface area contributed by atoms with Gasteiger partial charge in [0.25, 0.3) is 0 Å². The standard InChI is InChI=1S/C8H11F5O/c1-4-2-3-5(7(10)6(4)9)14-8(11,12)13/h4-7H,2-3H2,1H3. The molecule has 0 aromatic heterocycles. The van der Waals surface area contributed by atoms with E-state index in [2.05, 4.69) is 4.74 Å². The molecule has 0 aromatic carbocycles. The van der Waals surface area contributed by atoms with Gasteiger partial charge in [-0.1, -0.05) is 6.92 Å². The molecule has 0 heterocycles. The molecule has 1 aliphatic rings. The Morgan fingerprint density at radius 3 is 2.14 bits per heavy atom. The van der Waals surface area contributed by atoms with Gasteiger partial charge in [0.15, 0.2) is 6.17 Å². The molecule has 4 unspecified atom stereocenters. The Morgan fingerprint density at radius 2 is 1.64 bits per heavy atom. The highest BCUT2D eigenvalue weighted by Crippen LogP contribution is 2.34. The lowest BCUT2D eigenvalue weighted by Crippen LogP contribution is -2.44. The van der Waals surface area contributed by atoms with Crippen molar-refractivity contribution in [3.63, 3.8) is 0 Å². The van der Waals surface area contributed by atoms with E-state index in [1.54, 1.807) is 0 Å². The Hall–Kier alpha value is -0.390. The normalized spacial score (nSPS) is 39.9. The molecular formula is C8H11F5O. The van der Waals surface area contributed by atoms with E-state index < -0.39 is 30.7 Å². The predicted molar refractivity (Wildman–Crippen MR) is 39.1 cm³/mol. The third-order valence-electron chi connectivity index (χ3n) is 2.39. The Morgan fingerprint density at radius 1 is 1.07 bits per heavy atom. The number of hydrogen-bond donors (Lipinski definition) is 0. The molecule has 1 rings (SSSR count). The van der Waals surface area contributed by atoms with Crippen molar-refractivity contribution < 1.29 is 26.7 Å².